The Morgan fingerprint density at radius 2 is 1.77 bits per heavy atom. The molecular formula is C21H27N3OS. The average molecular weight is 370 g/mol. The fraction of sp³-hybridized carbons (Fsp3) is 0.381. The van der Waals surface area contributed by atoms with Gasteiger partial charge in [0, 0.05) is 25.3 Å². The summed E-state index contributed by atoms with van der Waals surface area (Å²) in [6, 6.07) is 19.0. The summed E-state index contributed by atoms with van der Waals surface area (Å²) in [6.45, 7) is 6.59. The monoisotopic (exact) mass is 369 g/mol. The highest BCUT2D eigenvalue weighted by molar-refractivity contribution is 7.80. The summed E-state index contributed by atoms with van der Waals surface area (Å²) in [5.41, 5.74) is 3.58. The van der Waals surface area contributed by atoms with Crippen molar-refractivity contribution in [2.75, 3.05) is 38.2 Å². The van der Waals surface area contributed by atoms with Crippen LogP contribution in [-0.2, 0) is 11.2 Å². The second-order valence-corrected chi connectivity index (χ2v) is 6.93. The van der Waals surface area contributed by atoms with Crippen LogP contribution in [0.25, 0.3) is 0 Å². The molecule has 1 saturated heterocycles. The molecule has 0 aromatic heterocycles. The number of morpholine rings is 1. The van der Waals surface area contributed by atoms with E-state index in [1.165, 1.54) is 11.1 Å². The first-order valence-electron chi connectivity index (χ1n) is 9.26. The third kappa shape index (κ3) is 5.53. The van der Waals surface area contributed by atoms with E-state index in [0.717, 1.165) is 45.0 Å². The number of nitrogens with one attached hydrogen (secondary N) is 2. The van der Waals surface area contributed by atoms with Crippen LogP contribution < -0.4 is 10.6 Å². The van der Waals surface area contributed by atoms with Crippen LogP contribution in [-0.4, -0.2) is 42.9 Å². The lowest BCUT2D eigenvalue weighted by Crippen LogP contribution is -2.44. The quantitative estimate of drug-likeness (QED) is 0.761. The van der Waals surface area contributed by atoms with Crippen molar-refractivity contribution >= 4 is 23.0 Å². The number of nitrogens with zero attached hydrogens (tertiary/aromatic N) is 1. The molecule has 2 aromatic carbocycles. The number of aryl methyl sites for hydroxylation is 1. The average Bonchev–Trinajstić information content (AvgIpc) is 2.69. The molecule has 1 aliphatic rings. The molecular weight excluding hydrogens is 342 g/mol. The number of hydrogen-bond acceptors (Lipinski definition) is 3. The smallest absolute Gasteiger partial charge is 0.171 e. The van der Waals surface area contributed by atoms with Crippen LogP contribution in [0.3, 0.4) is 0 Å². The molecule has 138 valence electrons. The molecule has 1 atom stereocenters. The summed E-state index contributed by atoms with van der Waals surface area (Å²) in [7, 11) is 0. The minimum atomic E-state index is 0.143. The molecule has 1 fully saturated rings. The maximum absolute atomic E-state index is 5.58. The van der Waals surface area contributed by atoms with Gasteiger partial charge in [0.05, 0.1) is 19.3 Å². The summed E-state index contributed by atoms with van der Waals surface area (Å²) in [5, 5.41) is 7.45. The van der Waals surface area contributed by atoms with Gasteiger partial charge in [0.2, 0.25) is 0 Å². The molecule has 0 radical (unpaired) electrons. The molecule has 3 rings (SSSR count). The van der Waals surface area contributed by atoms with Crippen molar-refractivity contribution in [3.63, 3.8) is 0 Å². The van der Waals surface area contributed by atoms with Crippen LogP contribution in [0.5, 0.6) is 0 Å². The Kier molecular flexibility index (Phi) is 7.00. The van der Waals surface area contributed by atoms with E-state index >= 15 is 0 Å². The van der Waals surface area contributed by atoms with Gasteiger partial charge in [0.15, 0.2) is 5.11 Å². The Morgan fingerprint density at radius 3 is 2.42 bits per heavy atom. The summed E-state index contributed by atoms with van der Waals surface area (Å²) in [5.74, 6) is 0. The highest BCUT2D eigenvalue weighted by Crippen LogP contribution is 2.16. The van der Waals surface area contributed by atoms with Crippen molar-refractivity contribution in [1.82, 2.24) is 10.2 Å². The zero-order valence-electron chi connectivity index (χ0n) is 15.3. The first-order chi connectivity index (χ1) is 12.7. The summed E-state index contributed by atoms with van der Waals surface area (Å²) < 4.78 is 5.47. The Labute approximate surface area is 161 Å². The standard InChI is InChI=1S/C21H27N3OS/c1-2-17-8-10-19(11-9-17)22-21(26)23-20(18-6-4-3-5-7-18)16-24-12-14-25-15-13-24/h3-11,20H,2,12-16H2,1H3,(H2,22,23,26)/t20-/m1/s1. The van der Waals surface area contributed by atoms with Crippen molar-refractivity contribution in [2.24, 2.45) is 0 Å². The first-order valence-corrected chi connectivity index (χ1v) is 9.67. The number of benzene rings is 2. The molecule has 1 heterocycles. The molecule has 4 nitrogen and oxygen atoms in total. The lowest BCUT2D eigenvalue weighted by atomic mass is 10.1. The lowest BCUT2D eigenvalue weighted by molar-refractivity contribution is 0.0344. The summed E-state index contributed by atoms with van der Waals surface area (Å²) in [4.78, 5) is 2.42. The SMILES string of the molecule is CCc1ccc(NC(=S)N[C@H](CN2CCOCC2)c2ccccc2)cc1. The zero-order valence-corrected chi connectivity index (χ0v) is 16.1. The number of hydrogen-bond donors (Lipinski definition) is 2. The number of anilines is 1. The van der Waals surface area contributed by atoms with E-state index in [-0.39, 0.29) is 6.04 Å². The molecule has 2 N–H and O–H groups in total. The van der Waals surface area contributed by atoms with Gasteiger partial charge < -0.3 is 15.4 Å². The summed E-state index contributed by atoms with van der Waals surface area (Å²) >= 11 is 5.58. The molecule has 0 bridgehead atoms. The van der Waals surface area contributed by atoms with E-state index in [4.69, 9.17) is 17.0 Å². The Hall–Kier alpha value is -1.95. The Morgan fingerprint density at radius 1 is 1.08 bits per heavy atom. The fourth-order valence-electron chi connectivity index (χ4n) is 3.11. The van der Waals surface area contributed by atoms with Crippen molar-refractivity contribution < 1.29 is 4.74 Å². The van der Waals surface area contributed by atoms with Gasteiger partial charge in [0.1, 0.15) is 0 Å². The molecule has 0 spiro atoms. The van der Waals surface area contributed by atoms with E-state index in [0.29, 0.717) is 5.11 Å². The Balaban J connectivity index is 1.64. The minimum Gasteiger partial charge on any atom is -0.379 e. The van der Waals surface area contributed by atoms with Gasteiger partial charge in [-0.15, -0.1) is 0 Å². The van der Waals surface area contributed by atoms with Crippen molar-refractivity contribution in [2.45, 2.75) is 19.4 Å². The highest BCUT2D eigenvalue weighted by Gasteiger charge is 2.19. The van der Waals surface area contributed by atoms with Crippen molar-refractivity contribution in [3.05, 3.63) is 65.7 Å². The van der Waals surface area contributed by atoms with Crippen LogP contribution in [0.1, 0.15) is 24.1 Å². The third-order valence-electron chi connectivity index (χ3n) is 4.67. The van der Waals surface area contributed by atoms with Gasteiger partial charge in [0.25, 0.3) is 0 Å². The van der Waals surface area contributed by atoms with Gasteiger partial charge in [-0.1, -0.05) is 49.4 Å². The molecule has 0 aliphatic carbocycles. The van der Waals surface area contributed by atoms with Gasteiger partial charge >= 0.3 is 0 Å². The third-order valence-corrected chi connectivity index (χ3v) is 4.89. The van der Waals surface area contributed by atoms with E-state index < -0.39 is 0 Å². The predicted octanol–water partition coefficient (Wildman–Crippen LogP) is 3.61. The van der Waals surface area contributed by atoms with Crippen LogP contribution in [0, 0.1) is 0 Å². The lowest BCUT2D eigenvalue weighted by Gasteiger charge is -2.31. The van der Waals surface area contributed by atoms with Crippen molar-refractivity contribution in [1.29, 1.82) is 0 Å². The second-order valence-electron chi connectivity index (χ2n) is 6.53. The van der Waals surface area contributed by atoms with E-state index in [1.807, 2.05) is 6.07 Å². The second kappa shape index (κ2) is 9.67. The molecule has 2 aromatic rings. The first kappa shape index (κ1) is 18.8. The molecule has 1 aliphatic heterocycles. The number of rotatable bonds is 6. The maximum Gasteiger partial charge on any atom is 0.171 e. The Bertz CT molecular complexity index is 684. The minimum absolute atomic E-state index is 0.143. The van der Waals surface area contributed by atoms with Gasteiger partial charge in [-0.25, -0.2) is 0 Å². The fourth-order valence-corrected chi connectivity index (χ4v) is 3.37. The van der Waals surface area contributed by atoms with Gasteiger partial charge in [-0.2, -0.15) is 0 Å². The zero-order chi connectivity index (χ0) is 18.2. The van der Waals surface area contributed by atoms with Crippen molar-refractivity contribution in [3.8, 4) is 0 Å². The van der Waals surface area contributed by atoms with Gasteiger partial charge in [-0.05, 0) is 41.9 Å². The predicted molar refractivity (Wildman–Crippen MR) is 112 cm³/mol. The molecule has 0 saturated carbocycles. The maximum atomic E-state index is 5.58. The summed E-state index contributed by atoms with van der Waals surface area (Å²) in [6.07, 6.45) is 1.04. The molecule has 26 heavy (non-hydrogen) atoms. The topological polar surface area (TPSA) is 36.5 Å². The van der Waals surface area contributed by atoms with E-state index in [9.17, 15) is 0 Å². The number of thiocarbonyl (C=S) groups is 1. The van der Waals surface area contributed by atoms with E-state index in [2.05, 4.69) is 71.0 Å². The largest absolute Gasteiger partial charge is 0.379 e. The van der Waals surface area contributed by atoms with Crippen LogP contribution >= 0.6 is 12.2 Å². The number of ether oxygens (including phenoxy) is 1. The molecule has 0 unspecified atom stereocenters. The van der Waals surface area contributed by atoms with Crippen LogP contribution in [0.4, 0.5) is 5.69 Å². The van der Waals surface area contributed by atoms with Crippen LogP contribution in [0.2, 0.25) is 0 Å². The van der Waals surface area contributed by atoms with E-state index in [1.54, 1.807) is 0 Å². The van der Waals surface area contributed by atoms with Crippen LogP contribution in [0.15, 0.2) is 54.6 Å². The normalized spacial score (nSPS) is 16.0. The van der Waals surface area contributed by atoms with Gasteiger partial charge in [-0.3, -0.25) is 4.90 Å². The molecule has 0 amide bonds. The highest BCUT2D eigenvalue weighted by atomic mass is 32.1. The molecule has 5 heteroatoms.